The van der Waals surface area contributed by atoms with E-state index < -0.39 is 5.60 Å². The van der Waals surface area contributed by atoms with Gasteiger partial charge in [-0.05, 0) is 61.4 Å². The molecule has 5 aromatic rings. The number of hydrogen-bond donors (Lipinski definition) is 0. The average molecular weight is 567 g/mol. The third kappa shape index (κ3) is 4.52. The molecule has 0 saturated carbocycles. The Morgan fingerprint density at radius 1 is 0.628 bits per heavy atom. The quantitative estimate of drug-likeness (QED) is 0.177. The standard InChI is InChI=1S/C38H34N2O3/c1-3-39(4-2)29-22-23-34-32(24-29)38(31-19-12-11-18-30(31)37(41)43-38)36-33(20-13-21-35(36)42-34)40(25-27-14-7-5-8-15-27)26-28-16-9-6-10-17-28/h5-24H,3-4,25-26H2,1-2H3. The van der Waals surface area contributed by atoms with Gasteiger partial charge in [0, 0.05) is 48.7 Å². The molecule has 0 radical (unpaired) electrons. The van der Waals surface area contributed by atoms with E-state index in [1.165, 1.54) is 11.1 Å². The number of hydrogen-bond acceptors (Lipinski definition) is 5. The van der Waals surface area contributed by atoms with Crippen LogP contribution in [0.2, 0.25) is 0 Å². The summed E-state index contributed by atoms with van der Waals surface area (Å²) in [5.41, 5.74) is 6.37. The molecule has 0 bridgehead atoms. The average Bonchev–Trinajstić information content (AvgIpc) is 3.34. The normalized spacial score (nSPS) is 16.1. The summed E-state index contributed by atoms with van der Waals surface area (Å²) in [6.07, 6.45) is 0. The number of fused-ring (bicyclic) bond motifs is 6. The minimum absolute atomic E-state index is 0.324. The Hall–Kier alpha value is -5.03. The summed E-state index contributed by atoms with van der Waals surface area (Å²) in [4.78, 5) is 18.3. The number of ether oxygens (including phenoxy) is 2. The molecule has 5 nitrogen and oxygen atoms in total. The van der Waals surface area contributed by atoms with Crippen molar-refractivity contribution in [3.05, 3.63) is 155 Å². The zero-order chi connectivity index (χ0) is 29.4. The van der Waals surface area contributed by atoms with Crippen LogP contribution in [0.15, 0.2) is 121 Å². The van der Waals surface area contributed by atoms with E-state index in [4.69, 9.17) is 9.47 Å². The second-order valence-corrected chi connectivity index (χ2v) is 11.0. The van der Waals surface area contributed by atoms with Gasteiger partial charge in [-0.3, -0.25) is 0 Å². The fourth-order valence-electron chi connectivity index (χ4n) is 6.58. The van der Waals surface area contributed by atoms with Crippen LogP contribution in [0.3, 0.4) is 0 Å². The predicted molar refractivity (Wildman–Crippen MR) is 171 cm³/mol. The van der Waals surface area contributed by atoms with Gasteiger partial charge in [0.25, 0.3) is 0 Å². The lowest BCUT2D eigenvalue weighted by molar-refractivity contribution is 0.0226. The molecule has 214 valence electrons. The van der Waals surface area contributed by atoms with Crippen molar-refractivity contribution in [1.29, 1.82) is 0 Å². The van der Waals surface area contributed by atoms with E-state index in [1.807, 2.05) is 54.6 Å². The molecule has 2 aliphatic rings. The smallest absolute Gasteiger partial charge is 0.340 e. The first-order valence-corrected chi connectivity index (χ1v) is 15.0. The van der Waals surface area contributed by atoms with E-state index in [1.54, 1.807) is 0 Å². The Balaban J connectivity index is 1.48. The number of esters is 1. The first kappa shape index (κ1) is 26.8. The van der Waals surface area contributed by atoms with Crippen molar-refractivity contribution >= 4 is 17.3 Å². The highest BCUT2D eigenvalue weighted by Gasteiger charge is 2.55. The van der Waals surface area contributed by atoms with Gasteiger partial charge in [0.05, 0.1) is 11.1 Å². The van der Waals surface area contributed by atoms with Crippen LogP contribution >= 0.6 is 0 Å². The molecule has 2 heterocycles. The van der Waals surface area contributed by atoms with E-state index in [9.17, 15) is 4.79 Å². The van der Waals surface area contributed by atoms with Gasteiger partial charge in [-0.1, -0.05) is 84.9 Å². The summed E-state index contributed by atoms with van der Waals surface area (Å²) in [6, 6.07) is 41.1. The molecular formula is C38H34N2O3. The molecule has 0 aromatic heterocycles. The molecule has 43 heavy (non-hydrogen) atoms. The molecule has 0 fully saturated rings. The van der Waals surface area contributed by atoms with Crippen LogP contribution in [0.1, 0.15) is 52.0 Å². The van der Waals surface area contributed by atoms with Crippen LogP contribution in [0, 0.1) is 0 Å². The highest BCUT2D eigenvalue weighted by Crippen LogP contribution is 2.59. The van der Waals surface area contributed by atoms with E-state index in [2.05, 4.69) is 90.4 Å². The molecule has 2 aliphatic heterocycles. The monoisotopic (exact) mass is 566 g/mol. The molecule has 0 aliphatic carbocycles. The van der Waals surface area contributed by atoms with Gasteiger partial charge >= 0.3 is 5.97 Å². The maximum atomic E-state index is 13.7. The van der Waals surface area contributed by atoms with Crippen LogP contribution in [0.5, 0.6) is 11.5 Å². The molecular weight excluding hydrogens is 532 g/mol. The second kappa shape index (κ2) is 11.0. The van der Waals surface area contributed by atoms with Crippen molar-refractivity contribution in [2.75, 3.05) is 22.9 Å². The maximum absolute atomic E-state index is 13.7. The van der Waals surface area contributed by atoms with Crippen molar-refractivity contribution in [1.82, 2.24) is 0 Å². The maximum Gasteiger partial charge on any atom is 0.340 e. The lowest BCUT2D eigenvalue weighted by atomic mass is 9.76. The zero-order valence-electron chi connectivity index (χ0n) is 24.5. The van der Waals surface area contributed by atoms with E-state index in [0.29, 0.717) is 30.2 Å². The van der Waals surface area contributed by atoms with Crippen LogP contribution in [-0.4, -0.2) is 19.1 Å². The van der Waals surface area contributed by atoms with Gasteiger partial charge in [-0.15, -0.1) is 0 Å². The SMILES string of the molecule is CCN(CC)c1ccc2c(c1)C1(OC(=O)c3ccccc31)c1c(cccc1N(Cc1ccccc1)Cc1ccccc1)O2. The first-order valence-electron chi connectivity index (χ1n) is 15.0. The van der Waals surface area contributed by atoms with E-state index >= 15 is 0 Å². The van der Waals surface area contributed by atoms with Crippen molar-refractivity contribution < 1.29 is 14.3 Å². The number of carbonyl (C=O) groups is 1. The Morgan fingerprint density at radius 2 is 1.28 bits per heavy atom. The molecule has 5 heteroatoms. The number of nitrogens with zero attached hydrogens (tertiary/aromatic N) is 2. The number of rotatable bonds is 8. The summed E-state index contributed by atoms with van der Waals surface area (Å²) in [6.45, 7) is 7.37. The largest absolute Gasteiger partial charge is 0.456 e. The molecule has 0 saturated heterocycles. The number of benzene rings is 5. The third-order valence-electron chi connectivity index (χ3n) is 8.59. The van der Waals surface area contributed by atoms with Crippen molar-refractivity contribution in [2.24, 2.45) is 0 Å². The second-order valence-electron chi connectivity index (χ2n) is 11.0. The predicted octanol–water partition coefficient (Wildman–Crippen LogP) is 8.31. The summed E-state index contributed by atoms with van der Waals surface area (Å²) in [5.74, 6) is 1.06. The lowest BCUT2D eigenvalue weighted by Crippen LogP contribution is -2.36. The molecule has 1 spiro atoms. The van der Waals surface area contributed by atoms with Gasteiger partial charge in [-0.2, -0.15) is 0 Å². The topological polar surface area (TPSA) is 42.0 Å². The van der Waals surface area contributed by atoms with Crippen molar-refractivity contribution in [3.63, 3.8) is 0 Å². The minimum atomic E-state index is -1.16. The van der Waals surface area contributed by atoms with E-state index in [0.717, 1.165) is 41.2 Å². The van der Waals surface area contributed by atoms with Crippen LogP contribution in [0.25, 0.3) is 0 Å². The fourth-order valence-corrected chi connectivity index (χ4v) is 6.58. The van der Waals surface area contributed by atoms with Gasteiger partial charge in [-0.25, -0.2) is 4.79 Å². The van der Waals surface area contributed by atoms with Crippen LogP contribution in [0.4, 0.5) is 11.4 Å². The molecule has 0 amide bonds. The molecule has 1 unspecified atom stereocenters. The molecule has 5 aromatic carbocycles. The van der Waals surface area contributed by atoms with Crippen LogP contribution in [-0.2, 0) is 23.4 Å². The highest BCUT2D eigenvalue weighted by atomic mass is 16.6. The van der Waals surface area contributed by atoms with E-state index in [-0.39, 0.29) is 5.97 Å². The number of anilines is 2. The fraction of sp³-hybridized carbons (Fsp3) is 0.184. The summed E-state index contributed by atoms with van der Waals surface area (Å²) >= 11 is 0. The molecule has 7 rings (SSSR count). The van der Waals surface area contributed by atoms with Gasteiger partial charge in [0.15, 0.2) is 5.60 Å². The van der Waals surface area contributed by atoms with Gasteiger partial charge in [0.2, 0.25) is 0 Å². The Labute approximate surface area is 252 Å². The Bertz CT molecular complexity index is 1740. The molecule has 1 atom stereocenters. The first-order chi connectivity index (χ1) is 21.1. The van der Waals surface area contributed by atoms with Crippen LogP contribution < -0.4 is 14.5 Å². The lowest BCUT2D eigenvalue weighted by Gasteiger charge is -2.40. The van der Waals surface area contributed by atoms with Crippen molar-refractivity contribution in [2.45, 2.75) is 32.5 Å². The minimum Gasteiger partial charge on any atom is -0.456 e. The zero-order valence-corrected chi connectivity index (χ0v) is 24.5. The van der Waals surface area contributed by atoms with Crippen molar-refractivity contribution in [3.8, 4) is 11.5 Å². The summed E-state index contributed by atoms with van der Waals surface area (Å²) in [7, 11) is 0. The van der Waals surface area contributed by atoms with Gasteiger partial charge < -0.3 is 19.3 Å². The van der Waals surface area contributed by atoms with Gasteiger partial charge in [0.1, 0.15) is 11.5 Å². The summed E-state index contributed by atoms with van der Waals surface area (Å²) in [5, 5.41) is 0. The third-order valence-corrected chi connectivity index (χ3v) is 8.59. The highest BCUT2D eigenvalue weighted by molar-refractivity contribution is 5.97. The molecule has 0 N–H and O–H groups in total. The Morgan fingerprint density at radius 3 is 1.95 bits per heavy atom. The Kier molecular flexibility index (Phi) is 6.86. The number of carbonyl (C=O) groups excluding carboxylic acids is 1. The summed E-state index contributed by atoms with van der Waals surface area (Å²) < 4.78 is 13.3.